The van der Waals surface area contributed by atoms with Crippen molar-refractivity contribution in [3.63, 3.8) is 0 Å². The lowest BCUT2D eigenvalue weighted by atomic mass is 9.87. The van der Waals surface area contributed by atoms with Crippen molar-refractivity contribution in [2.75, 3.05) is 46.9 Å². The largest absolute Gasteiger partial charge is 0.496 e. The fourth-order valence-corrected chi connectivity index (χ4v) is 8.63. The number of aromatic amines is 1. The first kappa shape index (κ1) is 39.7. The normalized spacial score (nSPS) is 18.4. The minimum atomic E-state index is -0.184. The SMILES string of the molecule is COc1cc(-c2cn(C)c(=O)c3[nH]ncc23)cc(OC)c1CCCC(=O)NC1CCN(C(=O)CN2CCC(c3ccc(CC4CCC(=O)NC4=O)cc3)CC2)CC1. The van der Waals surface area contributed by atoms with Crippen LogP contribution in [0.4, 0.5) is 0 Å². The second-order valence-electron chi connectivity index (χ2n) is 15.7. The Bertz CT molecular complexity index is 2140. The summed E-state index contributed by atoms with van der Waals surface area (Å²) < 4.78 is 13.1. The van der Waals surface area contributed by atoms with Gasteiger partial charge in [-0.2, -0.15) is 5.10 Å². The first-order valence-electron chi connectivity index (χ1n) is 20.1. The van der Waals surface area contributed by atoms with Gasteiger partial charge in [0, 0.05) is 67.6 Å². The standard InChI is InChI=1S/C43H53N7O7/c1-48-25-35(34-24-44-47-41(34)43(48)55)31-22-36(56-2)33(37(23-31)57-3)5-4-6-38(51)45-32-15-19-50(20-16-32)40(53)26-49-17-13-29(14-18-49)28-9-7-27(8-10-28)21-30-11-12-39(52)46-42(30)54/h7-10,22-25,29-30,32H,4-6,11-21,26H2,1-3H3,(H,44,47)(H,45,51)(H,46,52,54). The lowest BCUT2D eigenvalue weighted by molar-refractivity contribution is -0.136. The van der Waals surface area contributed by atoms with Gasteiger partial charge in [-0.1, -0.05) is 24.3 Å². The molecule has 3 saturated heterocycles. The number of aromatic nitrogens is 3. The first-order chi connectivity index (χ1) is 27.6. The Morgan fingerprint density at radius 3 is 2.30 bits per heavy atom. The number of H-pyrrole nitrogens is 1. The van der Waals surface area contributed by atoms with Crippen LogP contribution >= 0.6 is 0 Å². The molecule has 5 heterocycles. The minimum Gasteiger partial charge on any atom is -0.496 e. The van der Waals surface area contributed by atoms with E-state index in [9.17, 15) is 24.0 Å². The fraction of sp³-hybridized carbons (Fsp3) is 0.488. The molecular formula is C43H53N7O7. The molecule has 0 radical (unpaired) electrons. The van der Waals surface area contributed by atoms with Crippen molar-refractivity contribution in [3.8, 4) is 22.6 Å². The number of rotatable bonds is 13. The zero-order valence-electron chi connectivity index (χ0n) is 33.1. The van der Waals surface area contributed by atoms with Crippen LogP contribution in [-0.2, 0) is 39.1 Å². The van der Waals surface area contributed by atoms with Crippen LogP contribution in [0.3, 0.4) is 0 Å². The maximum absolute atomic E-state index is 13.3. The zero-order valence-corrected chi connectivity index (χ0v) is 33.1. The number of hydrogen-bond donors (Lipinski definition) is 3. The molecule has 14 nitrogen and oxygen atoms in total. The Labute approximate surface area is 332 Å². The van der Waals surface area contributed by atoms with Crippen LogP contribution in [0.25, 0.3) is 22.0 Å². The number of benzene rings is 2. The molecule has 3 aliphatic heterocycles. The Hall–Kier alpha value is -5.50. The fourth-order valence-electron chi connectivity index (χ4n) is 8.63. The third-order valence-electron chi connectivity index (χ3n) is 12.0. The van der Waals surface area contributed by atoms with E-state index >= 15 is 0 Å². The number of pyridine rings is 1. The highest BCUT2D eigenvalue weighted by Crippen LogP contribution is 2.38. The van der Waals surface area contributed by atoms with Gasteiger partial charge in [-0.25, -0.2) is 0 Å². The van der Waals surface area contributed by atoms with Crippen molar-refractivity contribution in [2.24, 2.45) is 13.0 Å². The van der Waals surface area contributed by atoms with Gasteiger partial charge in [0.2, 0.25) is 23.6 Å². The number of amides is 4. The molecule has 2 aromatic heterocycles. The lowest BCUT2D eigenvalue weighted by Crippen LogP contribution is -2.49. The van der Waals surface area contributed by atoms with E-state index < -0.39 is 0 Å². The average molecular weight is 780 g/mol. The van der Waals surface area contributed by atoms with Crippen LogP contribution in [0.5, 0.6) is 11.5 Å². The molecule has 0 bridgehead atoms. The molecule has 0 saturated carbocycles. The molecule has 57 heavy (non-hydrogen) atoms. The Morgan fingerprint density at radius 1 is 0.930 bits per heavy atom. The summed E-state index contributed by atoms with van der Waals surface area (Å²) in [5.41, 5.74) is 5.19. The second-order valence-corrected chi connectivity index (χ2v) is 15.7. The number of aryl methyl sites for hydroxylation is 1. The maximum atomic E-state index is 13.3. The highest BCUT2D eigenvalue weighted by atomic mass is 16.5. The molecule has 1 atom stereocenters. The Balaban J connectivity index is 0.825. The molecule has 4 amide bonds. The number of methoxy groups -OCH3 is 2. The number of nitrogens with zero attached hydrogens (tertiary/aromatic N) is 4. The van der Waals surface area contributed by atoms with Crippen molar-refractivity contribution >= 4 is 34.5 Å². The summed E-state index contributed by atoms with van der Waals surface area (Å²) in [7, 11) is 4.92. The maximum Gasteiger partial charge on any atom is 0.276 e. The molecule has 0 spiro atoms. The van der Waals surface area contributed by atoms with Gasteiger partial charge in [-0.15, -0.1) is 0 Å². The van der Waals surface area contributed by atoms with E-state index in [0.29, 0.717) is 86.5 Å². The minimum absolute atomic E-state index is 0.00583. The van der Waals surface area contributed by atoms with Gasteiger partial charge in [0.25, 0.3) is 5.56 Å². The van der Waals surface area contributed by atoms with E-state index in [2.05, 4.69) is 50.0 Å². The summed E-state index contributed by atoms with van der Waals surface area (Å²) in [5, 5.41) is 13.2. The Morgan fingerprint density at radius 2 is 1.63 bits per heavy atom. The lowest BCUT2D eigenvalue weighted by Gasteiger charge is -2.36. The molecule has 3 aliphatic rings. The van der Waals surface area contributed by atoms with E-state index in [1.807, 2.05) is 17.0 Å². The molecule has 1 unspecified atom stereocenters. The van der Waals surface area contributed by atoms with Gasteiger partial charge >= 0.3 is 0 Å². The van der Waals surface area contributed by atoms with Crippen molar-refractivity contribution < 1.29 is 28.7 Å². The predicted molar refractivity (Wildman–Crippen MR) is 215 cm³/mol. The highest BCUT2D eigenvalue weighted by Gasteiger charge is 2.29. The summed E-state index contributed by atoms with van der Waals surface area (Å²) in [6, 6.07) is 12.4. The van der Waals surface area contributed by atoms with Crippen molar-refractivity contribution in [1.82, 2.24) is 35.2 Å². The van der Waals surface area contributed by atoms with Crippen molar-refractivity contribution in [1.29, 1.82) is 0 Å². The third kappa shape index (κ3) is 9.22. The summed E-state index contributed by atoms with van der Waals surface area (Å²) in [5.74, 6) is 1.37. The molecule has 0 aliphatic carbocycles. The van der Waals surface area contributed by atoms with Crippen LogP contribution in [-0.4, -0.2) is 101 Å². The zero-order chi connectivity index (χ0) is 40.1. The van der Waals surface area contributed by atoms with Crippen LogP contribution < -0.4 is 25.7 Å². The number of piperidine rings is 3. The van der Waals surface area contributed by atoms with Gasteiger partial charge in [0.05, 0.1) is 27.0 Å². The summed E-state index contributed by atoms with van der Waals surface area (Å²) in [6.07, 6.45) is 10.1. The van der Waals surface area contributed by atoms with Crippen molar-refractivity contribution in [2.45, 2.75) is 76.2 Å². The van der Waals surface area contributed by atoms with Crippen molar-refractivity contribution in [3.05, 3.63) is 75.8 Å². The number of carbonyl (C=O) groups excluding carboxylic acids is 4. The van der Waals surface area contributed by atoms with E-state index in [1.54, 1.807) is 33.7 Å². The molecule has 3 fully saturated rings. The van der Waals surface area contributed by atoms with Gasteiger partial charge in [-0.05, 0) is 99.2 Å². The van der Waals surface area contributed by atoms with Crippen LogP contribution in [0.2, 0.25) is 0 Å². The molecule has 7 rings (SSSR count). The summed E-state index contributed by atoms with van der Waals surface area (Å²) in [4.78, 5) is 66.6. The van der Waals surface area contributed by atoms with Gasteiger partial charge in [0.1, 0.15) is 17.0 Å². The number of nitrogens with one attached hydrogen (secondary N) is 3. The third-order valence-corrected chi connectivity index (χ3v) is 12.0. The number of hydrogen-bond acceptors (Lipinski definition) is 9. The van der Waals surface area contributed by atoms with Crippen LogP contribution in [0.15, 0.2) is 53.6 Å². The predicted octanol–water partition coefficient (Wildman–Crippen LogP) is 3.85. The van der Waals surface area contributed by atoms with E-state index in [1.165, 1.54) is 10.1 Å². The van der Waals surface area contributed by atoms with E-state index in [-0.39, 0.29) is 41.1 Å². The molecule has 302 valence electrons. The van der Waals surface area contributed by atoms with Crippen LogP contribution in [0.1, 0.15) is 74.0 Å². The molecule has 2 aromatic carbocycles. The monoisotopic (exact) mass is 779 g/mol. The summed E-state index contributed by atoms with van der Waals surface area (Å²) >= 11 is 0. The summed E-state index contributed by atoms with van der Waals surface area (Å²) in [6.45, 7) is 3.42. The van der Waals surface area contributed by atoms with Gasteiger partial charge in [-0.3, -0.25) is 39.3 Å². The molecule has 3 N–H and O–H groups in total. The molecular weight excluding hydrogens is 727 g/mol. The number of carbonyl (C=O) groups is 4. The average Bonchev–Trinajstić information content (AvgIpc) is 3.72. The highest BCUT2D eigenvalue weighted by molar-refractivity contribution is 5.98. The van der Waals surface area contributed by atoms with E-state index in [0.717, 1.165) is 61.0 Å². The quantitative estimate of drug-likeness (QED) is 0.171. The smallest absolute Gasteiger partial charge is 0.276 e. The van der Waals surface area contributed by atoms with Gasteiger partial charge < -0.3 is 24.3 Å². The first-order valence-corrected chi connectivity index (χ1v) is 20.1. The molecule has 4 aromatic rings. The number of ether oxygens (including phenoxy) is 2. The number of imide groups is 1. The Kier molecular flexibility index (Phi) is 12.4. The number of fused-ring (bicyclic) bond motifs is 1. The van der Waals surface area contributed by atoms with E-state index in [4.69, 9.17) is 9.47 Å². The topological polar surface area (TPSA) is 168 Å². The second kappa shape index (κ2) is 17.7. The molecule has 14 heteroatoms. The van der Waals surface area contributed by atoms with Crippen LogP contribution in [0, 0.1) is 5.92 Å². The van der Waals surface area contributed by atoms with Gasteiger partial charge in [0.15, 0.2) is 0 Å². The number of likely N-dealkylation sites (tertiary alicyclic amines) is 2.